The molecule has 2 aromatic rings. The molecule has 1 aromatic heterocycles. The molecule has 0 unspecified atom stereocenters. The highest BCUT2D eigenvalue weighted by Crippen LogP contribution is 2.24. The molecule has 0 spiro atoms. The second kappa shape index (κ2) is 6.55. The summed E-state index contributed by atoms with van der Waals surface area (Å²) in [5.74, 6) is 0.0811. The van der Waals surface area contributed by atoms with Crippen LogP contribution in [0, 0.1) is 0 Å². The summed E-state index contributed by atoms with van der Waals surface area (Å²) in [7, 11) is 0. The van der Waals surface area contributed by atoms with Gasteiger partial charge in [0, 0.05) is 21.3 Å². The number of hydrogen-bond donors (Lipinski definition) is 1. The lowest BCUT2D eigenvalue weighted by Gasteiger charge is -2.25. The van der Waals surface area contributed by atoms with Crippen LogP contribution in [0.5, 0.6) is 0 Å². The van der Waals surface area contributed by atoms with E-state index in [1.807, 2.05) is 29.6 Å². The average Bonchev–Trinajstić information content (AvgIpc) is 2.90. The van der Waals surface area contributed by atoms with E-state index in [1.165, 1.54) is 5.56 Å². The van der Waals surface area contributed by atoms with Crippen molar-refractivity contribution < 1.29 is 4.79 Å². The molecule has 0 saturated heterocycles. The van der Waals surface area contributed by atoms with E-state index < -0.39 is 0 Å². The summed E-state index contributed by atoms with van der Waals surface area (Å²) in [6.07, 6.45) is 0.466. The van der Waals surface area contributed by atoms with Gasteiger partial charge in [-0.15, -0.1) is 11.3 Å². The van der Waals surface area contributed by atoms with Crippen molar-refractivity contribution >= 4 is 33.2 Å². The molecule has 1 aromatic carbocycles. The number of hydrogen-bond acceptors (Lipinski definition) is 2. The Morgan fingerprint density at radius 3 is 2.55 bits per heavy atom. The molecular formula is C16H18BrNOS. The summed E-state index contributed by atoms with van der Waals surface area (Å²) in [5.41, 5.74) is 1.14. The Morgan fingerprint density at radius 2 is 1.95 bits per heavy atom. The van der Waals surface area contributed by atoms with E-state index >= 15 is 0 Å². The zero-order chi connectivity index (χ0) is 14.6. The maximum Gasteiger partial charge on any atom is 0.225 e. The summed E-state index contributed by atoms with van der Waals surface area (Å²) >= 11 is 5.06. The van der Waals surface area contributed by atoms with E-state index in [1.54, 1.807) is 11.3 Å². The fourth-order valence-electron chi connectivity index (χ4n) is 1.96. The fraction of sp³-hybridized carbons (Fsp3) is 0.312. The smallest absolute Gasteiger partial charge is 0.225 e. The first-order chi connectivity index (χ1) is 9.47. The summed E-state index contributed by atoms with van der Waals surface area (Å²) in [5, 5.41) is 5.02. The normalized spacial score (nSPS) is 11.3. The lowest BCUT2D eigenvalue weighted by atomic mass is 9.84. The molecule has 0 aliphatic rings. The summed E-state index contributed by atoms with van der Waals surface area (Å²) < 4.78 is 1.07. The van der Waals surface area contributed by atoms with Crippen LogP contribution in [0.2, 0.25) is 0 Å². The van der Waals surface area contributed by atoms with Crippen LogP contribution in [-0.4, -0.2) is 12.5 Å². The number of carbonyl (C=O) groups excluding carboxylic acids is 1. The van der Waals surface area contributed by atoms with E-state index in [2.05, 4.69) is 47.2 Å². The zero-order valence-corrected chi connectivity index (χ0v) is 14.1. The summed E-state index contributed by atoms with van der Waals surface area (Å²) in [6, 6.07) is 12.2. The van der Waals surface area contributed by atoms with Crippen LogP contribution in [-0.2, 0) is 16.6 Å². The zero-order valence-electron chi connectivity index (χ0n) is 11.7. The molecule has 0 aliphatic heterocycles. The first-order valence-corrected chi connectivity index (χ1v) is 8.20. The number of carbonyl (C=O) groups is 1. The maximum absolute atomic E-state index is 11.9. The summed E-state index contributed by atoms with van der Waals surface area (Å²) in [6.45, 7) is 4.92. The van der Waals surface area contributed by atoms with Gasteiger partial charge >= 0.3 is 0 Å². The molecule has 0 bridgehead atoms. The molecule has 0 radical (unpaired) electrons. The van der Waals surface area contributed by atoms with Gasteiger partial charge in [0.15, 0.2) is 0 Å². The van der Waals surface area contributed by atoms with Gasteiger partial charge in [0.05, 0.1) is 6.42 Å². The molecule has 2 rings (SSSR count). The van der Waals surface area contributed by atoms with Crippen molar-refractivity contribution in [2.24, 2.45) is 0 Å². The van der Waals surface area contributed by atoms with Crippen molar-refractivity contribution in [1.82, 2.24) is 5.32 Å². The molecule has 106 valence electrons. The number of nitrogens with one attached hydrogen (secondary N) is 1. The fourth-order valence-corrected chi connectivity index (χ4v) is 2.92. The highest BCUT2D eigenvalue weighted by Gasteiger charge is 2.21. The molecule has 1 N–H and O–H groups in total. The van der Waals surface area contributed by atoms with Crippen LogP contribution in [0.15, 0.2) is 46.3 Å². The number of amides is 1. The highest BCUT2D eigenvalue weighted by atomic mass is 79.9. The van der Waals surface area contributed by atoms with E-state index in [0.717, 1.165) is 9.35 Å². The standard InChI is InChI=1S/C16H18BrNOS/c1-16(2,12-5-7-13(17)8-6-12)11-18-15(19)10-14-4-3-9-20-14/h3-9H,10-11H2,1-2H3,(H,18,19). The maximum atomic E-state index is 11.9. The molecule has 20 heavy (non-hydrogen) atoms. The number of thiophene rings is 1. The molecular weight excluding hydrogens is 334 g/mol. The van der Waals surface area contributed by atoms with Crippen LogP contribution < -0.4 is 5.32 Å². The minimum atomic E-state index is -0.0776. The topological polar surface area (TPSA) is 29.1 Å². The second-order valence-electron chi connectivity index (χ2n) is 5.42. The van der Waals surface area contributed by atoms with E-state index in [4.69, 9.17) is 0 Å². The predicted octanol–water partition coefficient (Wildman–Crippen LogP) is 4.15. The lowest BCUT2D eigenvalue weighted by molar-refractivity contribution is -0.120. The average molecular weight is 352 g/mol. The van der Waals surface area contributed by atoms with Crippen LogP contribution in [0.3, 0.4) is 0 Å². The van der Waals surface area contributed by atoms with Crippen LogP contribution in [0.1, 0.15) is 24.3 Å². The van der Waals surface area contributed by atoms with Crippen molar-refractivity contribution in [3.63, 3.8) is 0 Å². The molecule has 0 aliphatic carbocycles. The minimum absolute atomic E-state index is 0.0776. The van der Waals surface area contributed by atoms with Crippen LogP contribution >= 0.6 is 27.3 Å². The van der Waals surface area contributed by atoms with E-state index in [0.29, 0.717) is 13.0 Å². The Labute approximate surface area is 132 Å². The van der Waals surface area contributed by atoms with Crippen molar-refractivity contribution in [3.8, 4) is 0 Å². The van der Waals surface area contributed by atoms with Crippen molar-refractivity contribution in [2.45, 2.75) is 25.7 Å². The quantitative estimate of drug-likeness (QED) is 0.861. The number of halogens is 1. The third-order valence-corrected chi connectivity index (χ3v) is 4.67. The molecule has 1 heterocycles. The molecule has 0 atom stereocenters. The van der Waals surface area contributed by atoms with Gasteiger partial charge in [-0.25, -0.2) is 0 Å². The predicted molar refractivity (Wildman–Crippen MR) is 88.2 cm³/mol. The van der Waals surface area contributed by atoms with Gasteiger partial charge in [-0.3, -0.25) is 4.79 Å². The minimum Gasteiger partial charge on any atom is -0.355 e. The third kappa shape index (κ3) is 4.18. The monoisotopic (exact) mass is 351 g/mol. The van der Waals surface area contributed by atoms with Gasteiger partial charge in [-0.05, 0) is 29.1 Å². The Hall–Kier alpha value is -1.13. The highest BCUT2D eigenvalue weighted by molar-refractivity contribution is 9.10. The Morgan fingerprint density at radius 1 is 1.25 bits per heavy atom. The van der Waals surface area contributed by atoms with Gasteiger partial charge in [0.2, 0.25) is 5.91 Å². The Kier molecular flexibility index (Phi) is 5.00. The van der Waals surface area contributed by atoms with Gasteiger partial charge < -0.3 is 5.32 Å². The van der Waals surface area contributed by atoms with Gasteiger partial charge in [-0.1, -0.05) is 48.0 Å². The van der Waals surface area contributed by atoms with Gasteiger partial charge in [-0.2, -0.15) is 0 Å². The largest absolute Gasteiger partial charge is 0.355 e. The van der Waals surface area contributed by atoms with E-state index in [9.17, 15) is 4.79 Å². The molecule has 2 nitrogen and oxygen atoms in total. The van der Waals surface area contributed by atoms with Gasteiger partial charge in [0.1, 0.15) is 0 Å². The first kappa shape index (κ1) is 15.3. The third-order valence-electron chi connectivity index (χ3n) is 3.27. The molecule has 1 amide bonds. The van der Waals surface area contributed by atoms with Crippen molar-refractivity contribution in [2.75, 3.05) is 6.54 Å². The van der Waals surface area contributed by atoms with Crippen LogP contribution in [0.4, 0.5) is 0 Å². The first-order valence-electron chi connectivity index (χ1n) is 6.52. The van der Waals surface area contributed by atoms with Crippen molar-refractivity contribution in [3.05, 3.63) is 56.7 Å². The Balaban J connectivity index is 1.91. The number of benzene rings is 1. The summed E-state index contributed by atoms with van der Waals surface area (Å²) in [4.78, 5) is 13.0. The van der Waals surface area contributed by atoms with Crippen LogP contribution in [0.25, 0.3) is 0 Å². The number of rotatable bonds is 5. The van der Waals surface area contributed by atoms with E-state index in [-0.39, 0.29) is 11.3 Å². The molecule has 0 saturated carbocycles. The lowest BCUT2D eigenvalue weighted by Crippen LogP contribution is -2.37. The Bertz CT molecular complexity index is 561. The second-order valence-corrected chi connectivity index (χ2v) is 7.37. The van der Waals surface area contributed by atoms with Crippen molar-refractivity contribution in [1.29, 1.82) is 0 Å². The SMILES string of the molecule is CC(C)(CNC(=O)Cc1cccs1)c1ccc(Br)cc1. The molecule has 0 fully saturated rings. The molecule has 4 heteroatoms. The van der Waals surface area contributed by atoms with Gasteiger partial charge in [0.25, 0.3) is 0 Å².